The lowest BCUT2D eigenvalue weighted by Crippen LogP contribution is -2.43. The van der Waals surface area contributed by atoms with Crippen molar-refractivity contribution in [3.63, 3.8) is 0 Å². The summed E-state index contributed by atoms with van der Waals surface area (Å²) in [6.07, 6.45) is 4.09. The Balaban J connectivity index is 0.00000110. The fourth-order valence-corrected chi connectivity index (χ4v) is 3.12. The molecule has 8 heteroatoms. The second kappa shape index (κ2) is 14.1. The molecule has 2 aromatic rings. The zero-order valence-electron chi connectivity index (χ0n) is 17.3. The first-order valence-corrected chi connectivity index (χ1v) is 10.8. The second-order valence-corrected chi connectivity index (χ2v) is 7.43. The van der Waals surface area contributed by atoms with Gasteiger partial charge in [-0.3, -0.25) is 0 Å². The maximum Gasteiger partial charge on any atom is 0.324 e. The van der Waals surface area contributed by atoms with Gasteiger partial charge in [-0.05, 0) is 35.6 Å². The van der Waals surface area contributed by atoms with E-state index in [0.29, 0.717) is 18.6 Å². The lowest BCUT2D eigenvalue weighted by molar-refractivity contribution is -0.0747. The van der Waals surface area contributed by atoms with E-state index in [1.54, 1.807) is 12.2 Å². The van der Waals surface area contributed by atoms with Gasteiger partial charge in [0, 0.05) is 0 Å². The van der Waals surface area contributed by atoms with Crippen molar-refractivity contribution in [1.29, 1.82) is 0 Å². The monoisotopic (exact) mass is 450 g/mol. The number of aliphatic hydroxyl groups excluding tert-OH is 3. The fourth-order valence-electron chi connectivity index (χ4n) is 3.12. The minimum atomic E-state index is -2.62. The first kappa shape index (κ1) is 26.9. The molecule has 2 aromatic carbocycles. The smallest absolute Gasteiger partial charge is 0.324 e. The van der Waals surface area contributed by atoms with Crippen molar-refractivity contribution in [3.05, 3.63) is 90.5 Å². The molecule has 0 aliphatic carbocycles. The van der Waals surface area contributed by atoms with Crippen LogP contribution in [0.4, 0.5) is 0 Å². The standard InChI is InChI=1S/C23H28O4.H3O3P/c1-3-9-18-11-5-7-13-20(18)22(23(15-24,16-25)17-26)27-21-14-8-6-12-19(21)10-4-2;1-4(2)3/h3-8,11-14,22,24-26H,1-2,9-10,15-17H2;1-3H. The first-order chi connectivity index (χ1) is 14.9. The maximum absolute atomic E-state index is 10.0. The topological polar surface area (TPSA) is 131 Å². The van der Waals surface area contributed by atoms with Crippen LogP contribution in [0.25, 0.3) is 0 Å². The summed E-state index contributed by atoms with van der Waals surface area (Å²) in [5.41, 5.74) is 1.49. The van der Waals surface area contributed by atoms with E-state index in [4.69, 9.17) is 19.4 Å². The molecule has 0 heterocycles. The normalized spacial score (nSPS) is 12.0. The quantitative estimate of drug-likeness (QED) is 0.229. The summed E-state index contributed by atoms with van der Waals surface area (Å²) in [6, 6.07) is 15.2. The molecule has 7 nitrogen and oxygen atoms in total. The summed E-state index contributed by atoms with van der Waals surface area (Å²) >= 11 is 0. The Bertz CT molecular complexity index is 795. The van der Waals surface area contributed by atoms with Gasteiger partial charge in [0.2, 0.25) is 0 Å². The Hall–Kier alpha value is -2.09. The number of benzene rings is 2. The molecule has 0 aliphatic heterocycles. The Kier molecular flexibility index (Phi) is 12.2. The van der Waals surface area contributed by atoms with Crippen molar-refractivity contribution in [3.8, 4) is 5.75 Å². The molecule has 0 radical (unpaired) electrons. The molecule has 1 unspecified atom stereocenters. The van der Waals surface area contributed by atoms with Gasteiger partial charge in [-0.15, -0.1) is 13.2 Å². The van der Waals surface area contributed by atoms with Crippen LogP contribution in [0.1, 0.15) is 22.8 Å². The van der Waals surface area contributed by atoms with Gasteiger partial charge in [0.1, 0.15) is 11.9 Å². The molecular formula is C23H31O7P. The van der Waals surface area contributed by atoms with Crippen LogP contribution in [0.15, 0.2) is 73.8 Å². The van der Waals surface area contributed by atoms with Crippen molar-refractivity contribution in [2.75, 3.05) is 19.8 Å². The summed E-state index contributed by atoms with van der Waals surface area (Å²) in [7, 11) is -2.62. The molecule has 0 saturated carbocycles. The van der Waals surface area contributed by atoms with E-state index in [9.17, 15) is 15.3 Å². The van der Waals surface area contributed by atoms with E-state index < -0.39 is 39.9 Å². The fraction of sp³-hybridized carbons (Fsp3) is 0.304. The van der Waals surface area contributed by atoms with Gasteiger partial charge in [-0.25, -0.2) is 0 Å². The number of aliphatic hydroxyl groups is 3. The van der Waals surface area contributed by atoms with E-state index in [1.807, 2.05) is 48.5 Å². The van der Waals surface area contributed by atoms with Crippen LogP contribution in [0.2, 0.25) is 0 Å². The molecule has 2 rings (SSSR count). The Morgan fingerprint density at radius 1 is 0.806 bits per heavy atom. The predicted octanol–water partition coefficient (Wildman–Crippen LogP) is 2.42. The molecule has 0 bridgehead atoms. The largest absolute Gasteiger partial charge is 0.485 e. The highest BCUT2D eigenvalue weighted by atomic mass is 31.2. The van der Waals surface area contributed by atoms with Crippen molar-refractivity contribution in [1.82, 2.24) is 0 Å². The summed E-state index contributed by atoms with van der Waals surface area (Å²) in [5.74, 6) is 0.635. The van der Waals surface area contributed by atoms with E-state index in [2.05, 4.69) is 13.2 Å². The predicted molar refractivity (Wildman–Crippen MR) is 121 cm³/mol. The van der Waals surface area contributed by atoms with Gasteiger partial charge < -0.3 is 34.7 Å². The molecule has 0 amide bonds. The van der Waals surface area contributed by atoms with Crippen LogP contribution in [0, 0.1) is 5.41 Å². The molecule has 1 atom stereocenters. The van der Waals surface area contributed by atoms with Gasteiger partial charge in [-0.2, -0.15) is 0 Å². The van der Waals surface area contributed by atoms with Gasteiger partial charge >= 0.3 is 8.60 Å². The van der Waals surface area contributed by atoms with Crippen LogP contribution < -0.4 is 4.74 Å². The summed E-state index contributed by atoms with van der Waals surface area (Å²) in [5, 5.41) is 30.1. The van der Waals surface area contributed by atoms with E-state index in [-0.39, 0.29) is 0 Å². The molecule has 0 fully saturated rings. The summed E-state index contributed by atoms with van der Waals surface area (Å²) in [6.45, 7) is 6.33. The Morgan fingerprint density at radius 2 is 1.26 bits per heavy atom. The van der Waals surface area contributed by atoms with E-state index in [1.165, 1.54) is 0 Å². The lowest BCUT2D eigenvalue weighted by atomic mass is 9.79. The number of para-hydroxylation sites is 1. The third-order valence-electron chi connectivity index (χ3n) is 4.78. The van der Waals surface area contributed by atoms with Crippen molar-refractivity contribution in [2.24, 2.45) is 5.41 Å². The van der Waals surface area contributed by atoms with Crippen LogP contribution in [-0.4, -0.2) is 49.8 Å². The molecule has 0 aliphatic rings. The molecule has 0 spiro atoms. The average molecular weight is 450 g/mol. The van der Waals surface area contributed by atoms with Crippen molar-refractivity contribution >= 4 is 8.60 Å². The molecular weight excluding hydrogens is 419 g/mol. The number of hydrogen-bond donors (Lipinski definition) is 6. The number of ether oxygens (including phenoxy) is 1. The molecule has 170 valence electrons. The third-order valence-corrected chi connectivity index (χ3v) is 4.78. The minimum absolute atomic E-state index is 0.420. The summed E-state index contributed by atoms with van der Waals surface area (Å²) in [4.78, 5) is 21.7. The van der Waals surface area contributed by atoms with Crippen LogP contribution in [0.5, 0.6) is 5.75 Å². The van der Waals surface area contributed by atoms with E-state index in [0.717, 1.165) is 16.7 Å². The van der Waals surface area contributed by atoms with Crippen LogP contribution in [-0.2, 0) is 12.8 Å². The average Bonchev–Trinajstić information content (AvgIpc) is 2.76. The zero-order chi connectivity index (χ0) is 23.3. The van der Waals surface area contributed by atoms with Gasteiger partial charge in [-0.1, -0.05) is 54.6 Å². The molecule has 6 N–H and O–H groups in total. The summed E-state index contributed by atoms with van der Waals surface area (Å²) < 4.78 is 6.35. The molecule has 0 aromatic heterocycles. The Morgan fingerprint density at radius 3 is 1.77 bits per heavy atom. The highest BCUT2D eigenvalue weighted by Crippen LogP contribution is 2.40. The Labute approximate surface area is 184 Å². The van der Waals surface area contributed by atoms with Crippen molar-refractivity contribution < 1.29 is 34.7 Å². The van der Waals surface area contributed by atoms with Crippen LogP contribution >= 0.6 is 8.60 Å². The molecule has 31 heavy (non-hydrogen) atoms. The minimum Gasteiger partial charge on any atom is -0.485 e. The molecule has 0 saturated heterocycles. The highest BCUT2D eigenvalue weighted by molar-refractivity contribution is 7.38. The second-order valence-electron chi connectivity index (χ2n) is 6.90. The number of allylic oxidation sites excluding steroid dienone is 2. The lowest BCUT2D eigenvalue weighted by Gasteiger charge is -2.38. The number of rotatable bonds is 11. The van der Waals surface area contributed by atoms with E-state index >= 15 is 0 Å². The highest BCUT2D eigenvalue weighted by Gasteiger charge is 2.41. The zero-order valence-corrected chi connectivity index (χ0v) is 18.2. The van der Waals surface area contributed by atoms with Crippen LogP contribution in [0.3, 0.4) is 0 Å². The van der Waals surface area contributed by atoms with Gasteiger partial charge in [0.05, 0.1) is 25.2 Å². The number of hydrogen-bond acceptors (Lipinski definition) is 7. The third kappa shape index (κ3) is 7.83. The van der Waals surface area contributed by atoms with Gasteiger partial charge in [0.25, 0.3) is 0 Å². The van der Waals surface area contributed by atoms with Crippen molar-refractivity contribution in [2.45, 2.75) is 18.9 Å². The first-order valence-electron chi connectivity index (χ1n) is 9.62. The SMILES string of the molecule is C=CCc1ccccc1OC(c1ccccc1CC=C)C(CO)(CO)CO.OP(O)O. The van der Waals surface area contributed by atoms with Gasteiger partial charge in [0.15, 0.2) is 0 Å². The maximum atomic E-state index is 10.0.